The van der Waals surface area contributed by atoms with Gasteiger partial charge in [-0.25, -0.2) is 4.68 Å². The number of benzene rings is 1. The minimum Gasteiger partial charge on any atom is -0.323 e. The van der Waals surface area contributed by atoms with Gasteiger partial charge in [0.15, 0.2) is 5.82 Å². The Kier molecular flexibility index (Phi) is 5.86. The Morgan fingerprint density at radius 2 is 1.96 bits per heavy atom. The molecule has 0 fully saturated rings. The summed E-state index contributed by atoms with van der Waals surface area (Å²) < 4.78 is 39.3. The van der Waals surface area contributed by atoms with Crippen molar-refractivity contribution in [3.8, 4) is 0 Å². The molecule has 0 aliphatic heterocycles. The maximum Gasteiger partial charge on any atom is 0.416 e. The van der Waals surface area contributed by atoms with Gasteiger partial charge in [-0.3, -0.25) is 9.59 Å². The predicted octanol–water partition coefficient (Wildman–Crippen LogP) is 3.18. The number of rotatable bonds is 5. The van der Waals surface area contributed by atoms with E-state index in [0.29, 0.717) is 0 Å². The van der Waals surface area contributed by atoms with Crippen LogP contribution in [0.2, 0.25) is 5.02 Å². The quantitative estimate of drug-likeness (QED) is 0.822. The fraction of sp³-hybridized carbons (Fsp3) is 0.333. The van der Waals surface area contributed by atoms with Gasteiger partial charge in [0.25, 0.3) is 0 Å². The number of aromatic nitrogens is 3. The Bertz CT molecular complexity index is 820. The lowest BCUT2D eigenvalue weighted by molar-refractivity contribution is -0.137. The Hall–Kier alpha value is -2.62. The Labute approximate surface area is 151 Å². The normalized spacial score (nSPS) is 11.5. The monoisotopic (exact) mass is 389 g/mol. The molecule has 0 atom stereocenters. The van der Waals surface area contributed by atoms with Crippen LogP contribution < -0.4 is 10.6 Å². The van der Waals surface area contributed by atoms with Crippen molar-refractivity contribution in [1.29, 1.82) is 0 Å². The van der Waals surface area contributed by atoms with Gasteiger partial charge >= 0.3 is 6.18 Å². The Morgan fingerprint density at radius 1 is 1.27 bits per heavy atom. The minimum atomic E-state index is -4.56. The molecule has 0 unspecified atom stereocenters. The van der Waals surface area contributed by atoms with Crippen LogP contribution >= 0.6 is 11.6 Å². The summed E-state index contributed by atoms with van der Waals surface area (Å²) in [5.41, 5.74) is -1.10. The number of alkyl halides is 3. The van der Waals surface area contributed by atoms with E-state index >= 15 is 0 Å². The molecule has 0 spiro atoms. The lowest BCUT2D eigenvalue weighted by Crippen LogP contribution is -2.20. The topological polar surface area (TPSA) is 88.9 Å². The van der Waals surface area contributed by atoms with Gasteiger partial charge < -0.3 is 10.6 Å². The first-order chi connectivity index (χ1) is 12.1. The number of anilines is 2. The molecule has 7 nitrogen and oxygen atoms in total. The zero-order valence-electron chi connectivity index (χ0n) is 13.8. The highest BCUT2D eigenvalue weighted by Gasteiger charge is 2.31. The molecule has 0 saturated carbocycles. The van der Waals surface area contributed by atoms with Crippen molar-refractivity contribution in [2.24, 2.45) is 5.92 Å². The number of nitrogens with one attached hydrogen (secondary N) is 2. The molecule has 2 rings (SSSR count). The molecule has 0 bridgehead atoms. The van der Waals surface area contributed by atoms with Crippen LogP contribution in [0.25, 0.3) is 0 Å². The average molecular weight is 390 g/mol. The number of carbonyl (C=O) groups excluding carboxylic acids is 2. The molecule has 0 saturated heterocycles. The second-order valence-corrected chi connectivity index (χ2v) is 6.09. The zero-order chi connectivity index (χ0) is 19.5. The molecule has 2 amide bonds. The van der Waals surface area contributed by atoms with E-state index < -0.39 is 17.6 Å². The first-order valence-electron chi connectivity index (χ1n) is 7.44. The zero-order valence-corrected chi connectivity index (χ0v) is 14.5. The fourth-order valence-electron chi connectivity index (χ4n) is 1.84. The molecule has 2 aromatic rings. The van der Waals surface area contributed by atoms with Gasteiger partial charge in [0.1, 0.15) is 6.54 Å². The summed E-state index contributed by atoms with van der Waals surface area (Å²) in [6, 6.07) is 2.62. The number of carbonyl (C=O) groups is 2. The van der Waals surface area contributed by atoms with Gasteiger partial charge in [0.2, 0.25) is 11.8 Å². The molecular formula is C15H15ClF3N5O2. The van der Waals surface area contributed by atoms with E-state index in [-0.39, 0.29) is 34.9 Å². The molecule has 0 aliphatic carbocycles. The SMILES string of the molecule is CC(C)C(=O)Nc1cn(CC(=O)Nc2cc(C(F)(F)F)ccc2Cl)nn1. The van der Waals surface area contributed by atoms with E-state index in [0.717, 1.165) is 22.9 Å². The summed E-state index contributed by atoms with van der Waals surface area (Å²) in [4.78, 5) is 23.6. The molecule has 11 heteroatoms. The first kappa shape index (κ1) is 19.7. The average Bonchev–Trinajstić information content (AvgIpc) is 2.95. The smallest absolute Gasteiger partial charge is 0.323 e. The summed E-state index contributed by atoms with van der Waals surface area (Å²) in [5.74, 6) is -1.02. The predicted molar refractivity (Wildman–Crippen MR) is 88.6 cm³/mol. The van der Waals surface area contributed by atoms with Gasteiger partial charge in [-0.05, 0) is 18.2 Å². The Morgan fingerprint density at radius 3 is 2.58 bits per heavy atom. The molecule has 0 radical (unpaired) electrons. The van der Waals surface area contributed by atoms with E-state index in [9.17, 15) is 22.8 Å². The van der Waals surface area contributed by atoms with Crippen LogP contribution in [-0.4, -0.2) is 26.8 Å². The van der Waals surface area contributed by atoms with Crippen molar-refractivity contribution in [3.63, 3.8) is 0 Å². The number of amides is 2. The lowest BCUT2D eigenvalue weighted by Gasteiger charge is -2.11. The van der Waals surface area contributed by atoms with E-state index in [4.69, 9.17) is 11.6 Å². The van der Waals surface area contributed by atoms with Gasteiger partial charge in [-0.15, -0.1) is 5.10 Å². The largest absolute Gasteiger partial charge is 0.416 e. The van der Waals surface area contributed by atoms with Crippen LogP contribution in [-0.2, 0) is 22.3 Å². The molecule has 26 heavy (non-hydrogen) atoms. The second-order valence-electron chi connectivity index (χ2n) is 5.69. The van der Waals surface area contributed by atoms with Gasteiger partial charge in [0, 0.05) is 5.92 Å². The van der Waals surface area contributed by atoms with Gasteiger partial charge in [-0.2, -0.15) is 13.2 Å². The number of nitrogens with zero attached hydrogens (tertiary/aromatic N) is 3. The number of hydrogen-bond acceptors (Lipinski definition) is 4. The van der Waals surface area contributed by atoms with Crippen molar-refractivity contribution in [2.75, 3.05) is 10.6 Å². The first-order valence-corrected chi connectivity index (χ1v) is 7.81. The summed E-state index contributed by atoms with van der Waals surface area (Å²) in [5, 5.41) is 12.1. The third-order valence-corrected chi connectivity index (χ3v) is 3.52. The van der Waals surface area contributed by atoms with Crippen molar-refractivity contribution in [3.05, 3.63) is 35.0 Å². The molecule has 1 heterocycles. The second kappa shape index (κ2) is 7.73. The summed E-state index contributed by atoms with van der Waals surface area (Å²) in [7, 11) is 0. The van der Waals surface area contributed by atoms with E-state index in [1.54, 1.807) is 13.8 Å². The van der Waals surface area contributed by atoms with Crippen molar-refractivity contribution in [2.45, 2.75) is 26.6 Å². The third-order valence-electron chi connectivity index (χ3n) is 3.19. The van der Waals surface area contributed by atoms with Gasteiger partial charge in [0.05, 0.1) is 22.5 Å². The maximum absolute atomic E-state index is 12.7. The molecule has 2 N–H and O–H groups in total. The van der Waals surface area contributed by atoms with Crippen molar-refractivity contribution >= 4 is 34.9 Å². The lowest BCUT2D eigenvalue weighted by atomic mass is 10.2. The summed E-state index contributed by atoms with van der Waals surface area (Å²) >= 11 is 5.82. The molecule has 0 aliphatic rings. The summed E-state index contributed by atoms with van der Waals surface area (Å²) in [6.07, 6.45) is -3.23. The number of hydrogen-bond donors (Lipinski definition) is 2. The maximum atomic E-state index is 12.7. The van der Waals surface area contributed by atoms with Crippen LogP contribution in [0, 0.1) is 5.92 Å². The highest BCUT2D eigenvalue weighted by atomic mass is 35.5. The van der Waals surface area contributed by atoms with Crippen LogP contribution in [0.15, 0.2) is 24.4 Å². The molecular weight excluding hydrogens is 375 g/mol. The van der Waals surface area contributed by atoms with Crippen molar-refractivity contribution in [1.82, 2.24) is 15.0 Å². The van der Waals surface area contributed by atoms with E-state index in [1.165, 1.54) is 6.20 Å². The molecule has 1 aromatic carbocycles. The van der Waals surface area contributed by atoms with E-state index in [1.807, 2.05) is 0 Å². The minimum absolute atomic E-state index is 0.0326. The van der Waals surface area contributed by atoms with Crippen molar-refractivity contribution < 1.29 is 22.8 Å². The highest BCUT2D eigenvalue weighted by molar-refractivity contribution is 6.33. The summed E-state index contributed by atoms with van der Waals surface area (Å²) in [6.45, 7) is 3.08. The van der Waals surface area contributed by atoms with Crippen LogP contribution in [0.3, 0.4) is 0 Å². The van der Waals surface area contributed by atoms with E-state index in [2.05, 4.69) is 20.9 Å². The van der Waals surface area contributed by atoms with Gasteiger partial charge in [-0.1, -0.05) is 30.7 Å². The highest BCUT2D eigenvalue weighted by Crippen LogP contribution is 2.33. The standard InChI is InChI=1S/C15H15ClF3N5O2/c1-8(2)14(26)21-12-6-24(23-22-12)7-13(25)20-11-5-9(15(17,18)19)3-4-10(11)16/h3-6,8H,7H2,1-2H3,(H,20,25)(H,21,26). The Balaban J connectivity index is 2.03. The third kappa shape index (κ3) is 5.19. The number of halogens is 4. The molecule has 1 aromatic heterocycles. The fourth-order valence-corrected chi connectivity index (χ4v) is 2.00. The van der Waals surface area contributed by atoms with Crippen LogP contribution in [0.4, 0.5) is 24.7 Å². The molecule has 140 valence electrons. The van der Waals surface area contributed by atoms with Crippen LogP contribution in [0.1, 0.15) is 19.4 Å². The van der Waals surface area contributed by atoms with Crippen LogP contribution in [0.5, 0.6) is 0 Å².